The van der Waals surface area contributed by atoms with Gasteiger partial charge in [0.25, 0.3) is 0 Å². The highest BCUT2D eigenvalue weighted by Gasteiger charge is 2.15. The Labute approximate surface area is 161 Å². The largest absolute Gasteiger partial charge is 0.395 e. The molecule has 138 valence electrons. The van der Waals surface area contributed by atoms with Crippen LogP contribution in [0.5, 0.6) is 0 Å². The minimum Gasteiger partial charge on any atom is -0.395 e. The Hall–Kier alpha value is -2.68. The number of aliphatic hydroxyl groups excluding tert-OH is 1. The van der Waals surface area contributed by atoms with Crippen LogP contribution in [0.15, 0.2) is 84.9 Å². The molecule has 0 aromatic heterocycles. The van der Waals surface area contributed by atoms with Crippen molar-refractivity contribution in [1.29, 1.82) is 0 Å². The maximum absolute atomic E-state index is 11.6. The highest BCUT2D eigenvalue weighted by molar-refractivity contribution is 7.79. The van der Waals surface area contributed by atoms with E-state index in [0.717, 1.165) is 5.56 Å². The summed E-state index contributed by atoms with van der Waals surface area (Å²) in [7, 11) is -0.616. The molecule has 0 heterocycles. The zero-order valence-electron chi connectivity index (χ0n) is 15.0. The Kier molecular flexibility index (Phi) is 6.97. The van der Waals surface area contributed by atoms with Gasteiger partial charge in [-0.05, 0) is 29.4 Å². The standard InChI is InChI=1S/C22H23N2O2P/c25-16-15-23-22(26)24-17-18-11-13-21(14-12-18)27(19-7-3-1-4-8-19)20-9-5-2-6-10-20/h1-14,25H,15-17H2,(H2,23,24,26). The smallest absolute Gasteiger partial charge is 0.315 e. The molecule has 3 aromatic rings. The van der Waals surface area contributed by atoms with Crippen molar-refractivity contribution in [3.63, 3.8) is 0 Å². The zero-order valence-corrected chi connectivity index (χ0v) is 15.9. The normalized spacial score (nSPS) is 10.6. The molecule has 5 heteroatoms. The minimum absolute atomic E-state index is 0.0648. The van der Waals surface area contributed by atoms with Crippen molar-refractivity contribution in [2.45, 2.75) is 6.54 Å². The van der Waals surface area contributed by atoms with E-state index in [9.17, 15) is 4.79 Å². The average Bonchev–Trinajstić information content (AvgIpc) is 2.73. The fourth-order valence-corrected chi connectivity index (χ4v) is 5.06. The van der Waals surface area contributed by atoms with Crippen LogP contribution in [0.3, 0.4) is 0 Å². The van der Waals surface area contributed by atoms with Crippen LogP contribution >= 0.6 is 7.92 Å². The van der Waals surface area contributed by atoms with Crippen LogP contribution in [0.4, 0.5) is 4.79 Å². The average molecular weight is 378 g/mol. The van der Waals surface area contributed by atoms with Crippen LogP contribution in [0.1, 0.15) is 5.56 Å². The van der Waals surface area contributed by atoms with Gasteiger partial charge in [0.05, 0.1) is 6.61 Å². The third-order valence-electron chi connectivity index (χ3n) is 4.07. The summed E-state index contributed by atoms with van der Waals surface area (Å²) >= 11 is 0. The monoisotopic (exact) mass is 378 g/mol. The van der Waals surface area contributed by atoms with Crippen molar-refractivity contribution < 1.29 is 9.90 Å². The van der Waals surface area contributed by atoms with Crippen molar-refractivity contribution in [2.24, 2.45) is 0 Å². The number of hydrogen-bond acceptors (Lipinski definition) is 2. The summed E-state index contributed by atoms with van der Waals surface area (Å²) in [5.74, 6) is 0. The first-order valence-electron chi connectivity index (χ1n) is 8.89. The molecule has 0 aliphatic rings. The van der Waals surface area contributed by atoms with E-state index in [2.05, 4.69) is 83.4 Å². The van der Waals surface area contributed by atoms with Gasteiger partial charge in [-0.2, -0.15) is 0 Å². The number of hydrogen-bond donors (Lipinski definition) is 3. The lowest BCUT2D eigenvalue weighted by molar-refractivity contribution is 0.234. The van der Waals surface area contributed by atoms with Crippen LogP contribution in [0, 0.1) is 0 Å². The number of urea groups is 1. The first kappa shape index (κ1) is 19.1. The molecule has 0 saturated carbocycles. The highest BCUT2D eigenvalue weighted by Crippen LogP contribution is 2.32. The van der Waals surface area contributed by atoms with Gasteiger partial charge in [-0.3, -0.25) is 0 Å². The summed E-state index contributed by atoms with van der Waals surface area (Å²) in [5, 5.41) is 18.0. The number of benzene rings is 3. The summed E-state index contributed by atoms with van der Waals surface area (Å²) in [6.07, 6.45) is 0. The molecule has 2 amide bonds. The van der Waals surface area contributed by atoms with Gasteiger partial charge in [-0.25, -0.2) is 4.79 Å². The molecule has 0 atom stereocenters. The van der Waals surface area contributed by atoms with E-state index in [1.165, 1.54) is 15.9 Å². The van der Waals surface area contributed by atoms with Crippen LogP contribution < -0.4 is 26.5 Å². The first-order valence-corrected chi connectivity index (χ1v) is 10.2. The Morgan fingerprint density at radius 1 is 0.741 bits per heavy atom. The Morgan fingerprint density at radius 2 is 1.26 bits per heavy atom. The van der Waals surface area contributed by atoms with Crippen molar-refractivity contribution >= 4 is 29.9 Å². The molecular formula is C22H23N2O2P. The number of aliphatic hydroxyl groups is 1. The van der Waals surface area contributed by atoms with Crippen molar-refractivity contribution in [1.82, 2.24) is 10.6 Å². The number of rotatable bonds is 7. The SMILES string of the molecule is O=C(NCCO)NCc1ccc(P(c2ccccc2)c2ccccc2)cc1. The molecule has 0 bridgehead atoms. The van der Waals surface area contributed by atoms with Crippen LogP contribution in [-0.4, -0.2) is 24.3 Å². The fraction of sp³-hybridized carbons (Fsp3) is 0.136. The van der Waals surface area contributed by atoms with Crippen LogP contribution in [-0.2, 0) is 6.54 Å². The van der Waals surface area contributed by atoms with Gasteiger partial charge >= 0.3 is 6.03 Å². The Bertz CT molecular complexity index is 800. The maximum atomic E-state index is 11.6. The molecule has 27 heavy (non-hydrogen) atoms. The molecule has 0 aliphatic carbocycles. The van der Waals surface area contributed by atoms with Gasteiger partial charge in [0.1, 0.15) is 0 Å². The van der Waals surface area contributed by atoms with Gasteiger partial charge in [-0.1, -0.05) is 84.9 Å². The van der Waals surface area contributed by atoms with E-state index < -0.39 is 7.92 Å². The second kappa shape index (κ2) is 9.86. The quantitative estimate of drug-likeness (QED) is 0.552. The first-order chi connectivity index (χ1) is 13.3. The minimum atomic E-state index is -0.616. The summed E-state index contributed by atoms with van der Waals surface area (Å²) < 4.78 is 0. The van der Waals surface area contributed by atoms with E-state index >= 15 is 0 Å². The van der Waals surface area contributed by atoms with Crippen LogP contribution in [0.25, 0.3) is 0 Å². The topological polar surface area (TPSA) is 61.4 Å². The molecule has 0 spiro atoms. The van der Waals surface area contributed by atoms with Crippen molar-refractivity contribution in [3.8, 4) is 0 Å². The van der Waals surface area contributed by atoms with Gasteiger partial charge in [0, 0.05) is 13.1 Å². The van der Waals surface area contributed by atoms with Gasteiger partial charge in [0.2, 0.25) is 0 Å². The molecule has 0 aliphatic heterocycles. The lowest BCUT2D eigenvalue weighted by Gasteiger charge is -2.19. The van der Waals surface area contributed by atoms with Gasteiger partial charge in [0.15, 0.2) is 0 Å². The molecule has 0 saturated heterocycles. The predicted octanol–water partition coefficient (Wildman–Crippen LogP) is 2.24. The summed E-state index contributed by atoms with van der Waals surface area (Å²) in [6.45, 7) is 0.639. The van der Waals surface area contributed by atoms with E-state index in [-0.39, 0.29) is 19.2 Å². The summed E-state index contributed by atoms with van der Waals surface area (Å²) in [6, 6.07) is 29.3. The van der Waals surface area contributed by atoms with E-state index in [0.29, 0.717) is 6.54 Å². The van der Waals surface area contributed by atoms with E-state index in [1.807, 2.05) is 12.1 Å². The highest BCUT2D eigenvalue weighted by atomic mass is 31.1. The van der Waals surface area contributed by atoms with Crippen molar-refractivity contribution in [2.75, 3.05) is 13.2 Å². The molecule has 3 aromatic carbocycles. The number of amides is 2. The lowest BCUT2D eigenvalue weighted by Crippen LogP contribution is -2.36. The van der Waals surface area contributed by atoms with E-state index in [4.69, 9.17) is 5.11 Å². The van der Waals surface area contributed by atoms with Gasteiger partial charge in [-0.15, -0.1) is 0 Å². The Balaban J connectivity index is 1.77. The second-order valence-corrected chi connectivity index (χ2v) is 8.23. The molecule has 4 nitrogen and oxygen atoms in total. The maximum Gasteiger partial charge on any atom is 0.315 e. The van der Waals surface area contributed by atoms with Gasteiger partial charge < -0.3 is 15.7 Å². The van der Waals surface area contributed by atoms with E-state index in [1.54, 1.807) is 0 Å². The zero-order chi connectivity index (χ0) is 18.9. The molecule has 0 fully saturated rings. The lowest BCUT2D eigenvalue weighted by atomic mass is 10.2. The Morgan fingerprint density at radius 3 is 1.78 bits per heavy atom. The summed E-state index contributed by atoms with van der Waals surface area (Å²) in [5.41, 5.74) is 1.04. The third-order valence-corrected chi connectivity index (χ3v) is 6.52. The number of nitrogens with one attached hydrogen (secondary N) is 2. The van der Waals surface area contributed by atoms with Crippen LogP contribution in [0.2, 0.25) is 0 Å². The molecule has 0 radical (unpaired) electrons. The fourth-order valence-electron chi connectivity index (χ4n) is 2.78. The molecule has 0 unspecified atom stereocenters. The number of carbonyl (C=O) groups excluding carboxylic acids is 1. The third kappa shape index (κ3) is 5.40. The summed E-state index contributed by atoms with van der Waals surface area (Å²) in [4.78, 5) is 11.6. The second-order valence-electron chi connectivity index (χ2n) is 6.01. The molecule has 3 rings (SSSR count). The molecular weight excluding hydrogens is 355 g/mol. The molecule has 3 N–H and O–H groups in total. The number of carbonyl (C=O) groups is 1. The predicted molar refractivity (Wildman–Crippen MR) is 112 cm³/mol. The van der Waals surface area contributed by atoms with Crippen molar-refractivity contribution in [3.05, 3.63) is 90.5 Å².